The Hall–Kier alpha value is -1.11. The Balaban J connectivity index is 3.09. The van der Waals surface area contributed by atoms with Crippen molar-refractivity contribution in [3.05, 3.63) is 35.4 Å². The summed E-state index contributed by atoms with van der Waals surface area (Å²) in [6, 6.07) is 4.97. The van der Waals surface area contributed by atoms with Gasteiger partial charge in [0.1, 0.15) is 0 Å². The van der Waals surface area contributed by atoms with Crippen LogP contribution in [0.2, 0.25) is 0 Å². The van der Waals surface area contributed by atoms with E-state index in [1.54, 1.807) is 0 Å². The van der Waals surface area contributed by atoms with Gasteiger partial charge in [-0.05, 0) is 38.5 Å². The molecule has 0 saturated heterocycles. The van der Waals surface area contributed by atoms with Gasteiger partial charge < -0.3 is 14.2 Å². The van der Waals surface area contributed by atoms with Crippen LogP contribution in [-0.2, 0) is 20.4 Å². The normalized spacial score (nSPS) is 14.1. The van der Waals surface area contributed by atoms with Gasteiger partial charge in [-0.3, -0.25) is 0 Å². The molecule has 0 N–H and O–H groups in total. The summed E-state index contributed by atoms with van der Waals surface area (Å²) >= 11 is 0. The highest BCUT2D eigenvalue weighted by molar-refractivity contribution is 5.27. The van der Waals surface area contributed by atoms with E-state index < -0.39 is 17.7 Å². The first-order chi connectivity index (χ1) is 10.3. The van der Waals surface area contributed by atoms with E-state index in [4.69, 9.17) is 14.2 Å². The molecule has 22 heavy (non-hydrogen) atoms. The van der Waals surface area contributed by atoms with Crippen LogP contribution >= 0.6 is 0 Å². The molecule has 0 aliphatic rings. The lowest BCUT2D eigenvalue weighted by Gasteiger charge is -2.37. The molecule has 0 saturated carbocycles. The minimum absolute atomic E-state index is 0.366. The molecule has 126 valence electrons. The molecule has 0 aromatic heterocycles. The molecular weight excluding hydrogens is 297 g/mol. The second-order valence-electron chi connectivity index (χ2n) is 4.74. The Kier molecular flexibility index (Phi) is 6.84. The first kappa shape index (κ1) is 18.9. The highest BCUT2D eigenvalue weighted by Crippen LogP contribution is 2.36. The molecule has 0 amide bonds. The summed E-state index contributed by atoms with van der Waals surface area (Å²) in [6.45, 7) is 8.34. The number of hydrogen-bond donors (Lipinski definition) is 0. The fourth-order valence-corrected chi connectivity index (χ4v) is 2.27. The quantitative estimate of drug-likeness (QED) is 0.657. The van der Waals surface area contributed by atoms with Gasteiger partial charge in [-0.1, -0.05) is 19.1 Å². The van der Waals surface area contributed by atoms with Gasteiger partial charge in [-0.15, -0.1) is 0 Å². The Morgan fingerprint density at radius 2 is 1.27 bits per heavy atom. The summed E-state index contributed by atoms with van der Waals surface area (Å²) in [5.41, 5.74) is -0.0263. The molecule has 0 spiro atoms. The molecule has 0 aliphatic heterocycles. The van der Waals surface area contributed by atoms with Gasteiger partial charge in [0.15, 0.2) is 0 Å². The fourth-order valence-electron chi connectivity index (χ4n) is 2.27. The minimum Gasteiger partial charge on any atom is -0.327 e. The molecule has 6 heteroatoms. The van der Waals surface area contributed by atoms with E-state index in [-0.39, 0.29) is 5.92 Å². The van der Waals surface area contributed by atoms with E-state index in [1.807, 2.05) is 27.7 Å². The van der Waals surface area contributed by atoms with Gasteiger partial charge in [-0.25, -0.2) is 0 Å². The molecule has 1 aromatic rings. The molecule has 1 aromatic carbocycles. The smallest absolute Gasteiger partial charge is 0.327 e. The summed E-state index contributed by atoms with van der Waals surface area (Å²) in [5.74, 6) is -1.67. The largest absolute Gasteiger partial charge is 0.416 e. The van der Waals surface area contributed by atoms with E-state index in [2.05, 4.69) is 0 Å². The van der Waals surface area contributed by atoms with E-state index >= 15 is 0 Å². The standard InChI is InChI=1S/C16H23F3O3/c1-5-20-16(21-6-2,22-7-3)12(4)13-8-10-14(11-9-13)15(17,18)19/h8-12H,5-7H2,1-4H3. The molecule has 1 atom stereocenters. The van der Waals surface area contributed by atoms with Crippen LogP contribution in [0.15, 0.2) is 24.3 Å². The fraction of sp³-hybridized carbons (Fsp3) is 0.625. The van der Waals surface area contributed by atoms with Crippen LogP contribution in [0.1, 0.15) is 44.7 Å². The SMILES string of the molecule is CCOC(OCC)(OCC)C(C)c1ccc(C(F)(F)F)cc1. The molecule has 0 bridgehead atoms. The lowest BCUT2D eigenvalue weighted by Crippen LogP contribution is -2.44. The third-order valence-electron chi connectivity index (χ3n) is 3.30. The highest BCUT2D eigenvalue weighted by Gasteiger charge is 2.40. The van der Waals surface area contributed by atoms with E-state index in [1.165, 1.54) is 12.1 Å². The van der Waals surface area contributed by atoms with Gasteiger partial charge >= 0.3 is 6.18 Å². The van der Waals surface area contributed by atoms with E-state index in [9.17, 15) is 13.2 Å². The van der Waals surface area contributed by atoms with Crippen LogP contribution in [0.25, 0.3) is 0 Å². The Bertz CT molecular complexity index is 426. The van der Waals surface area contributed by atoms with Gasteiger partial charge in [0, 0.05) is 19.8 Å². The average molecular weight is 320 g/mol. The predicted molar refractivity (Wildman–Crippen MR) is 77.5 cm³/mol. The summed E-state index contributed by atoms with van der Waals surface area (Å²) < 4.78 is 54.9. The molecule has 1 unspecified atom stereocenters. The van der Waals surface area contributed by atoms with E-state index in [0.29, 0.717) is 25.4 Å². The van der Waals surface area contributed by atoms with Crippen LogP contribution < -0.4 is 0 Å². The first-order valence-electron chi connectivity index (χ1n) is 7.39. The number of halogens is 3. The van der Waals surface area contributed by atoms with Crippen molar-refractivity contribution in [2.75, 3.05) is 19.8 Å². The van der Waals surface area contributed by atoms with Crippen LogP contribution in [0.4, 0.5) is 13.2 Å². The first-order valence-corrected chi connectivity index (χ1v) is 7.39. The summed E-state index contributed by atoms with van der Waals surface area (Å²) in [6.07, 6.45) is -4.35. The maximum atomic E-state index is 12.6. The van der Waals surface area contributed by atoms with Gasteiger partial charge in [0.25, 0.3) is 5.97 Å². The van der Waals surface area contributed by atoms with Gasteiger partial charge in [0.2, 0.25) is 0 Å². The third-order valence-corrected chi connectivity index (χ3v) is 3.30. The Labute approximate surface area is 129 Å². The topological polar surface area (TPSA) is 27.7 Å². The van der Waals surface area contributed by atoms with Crippen LogP contribution in [0, 0.1) is 0 Å². The predicted octanol–water partition coefficient (Wildman–Crippen LogP) is 4.57. The van der Waals surface area contributed by atoms with Crippen molar-refractivity contribution in [2.45, 2.75) is 45.8 Å². The lowest BCUT2D eigenvalue weighted by atomic mass is 9.97. The zero-order chi connectivity index (χ0) is 16.8. The zero-order valence-corrected chi connectivity index (χ0v) is 13.4. The van der Waals surface area contributed by atoms with Crippen molar-refractivity contribution >= 4 is 0 Å². The second-order valence-corrected chi connectivity index (χ2v) is 4.74. The average Bonchev–Trinajstić information content (AvgIpc) is 2.46. The monoisotopic (exact) mass is 320 g/mol. The number of alkyl halides is 3. The number of benzene rings is 1. The summed E-state index contributed by atoms with van der Waals surface area (Å²) in [5, 5.41) is 0. The van der Waals surface area contributed by atoms with Crippen molar-refractivity contribution in [3.8, 4) is 0 Å². The van der Waals surface area contributed by atoms with Crippen LogP contribution in [-0.4, -0.2) is 25.8 Å². The summed E-state index contributed by atoms with van der Waals surface area (Å²) in [7, 11) is 0. The Morgan fingerprint density at radius 3 is 1.59 bits per heavy atom. The lowest BCUT2D eigenvalue weighted by molar-refractivity contribution is -0.386. The van der Waals surface area contributed by atoms with E-state index in [0.717, 1.165) is 12.1 Å². The Morgan fingerprint density at radius 1 is 0.864 bits per heavy atom. The number of ether oxygens (including phenoxy) is 3. The van der Waals surface area contributed by atoms with Crippen molar-refractivity contribution in [2.24, 2.45) is 0 Å². The molecule has 1 rings (SSSR count). The highest BCUT2D eigenvalue weighted by atomic mass is 19.4. The van der Waals surface area contributed by atoms with Crippen molar-refractivity contribution in [1.29, 1.82) is 0 Å². The number of hydrogen-bond acceptors (Lipinski definition) is 3. The molecule has 3 nitrogen and oxygen atoms in total. The molecule has 0 radical (unpaired) electrons. The zero-order valence-electron chi connectivity index (χ0n) is 13.4. The third kappa shape index (κ3) is 4.44. The van der Waals surface area contributed by atoms with Crippen molar-refractivity contribution in [1.82, 2.24) is 0 Å². The maximum absolute atomic E-state index is 12.6. The van der Waals surface area contributed by atoms with Crippen LogP contribution in [0.3, 0.4) is 0 Å². The molecule has 0 heterocycles. The van der Waals surface area contributed by atoms with Gasteiger partial charge in [-0.2, -0.15) is 13.2 Å². The minimum atomic E-state index is -4.35. The van der Waals surface area contributed by atoms with Crippen LogP contribution in [0.5, 0.6) is 0 Å². The maximum Gasteiger partial charge on any atom is 0.416 e. The molecular formula is C16H23F3O3. The molecule has 0 aliphatic carbocycles. The summed E-state index contributed by atoms with van der Waals surface area (Å²) in [4.78, 5) is 0. The molecule has 0 fully saturated rings. The van der Waals surface area contributed by atoms with Gasteiger partial charge in [0.05, 0.1) is 11.5 Å². The number of rotatable bonds is 8. The van der Waals surface area contributed by atoms with Crippen molar-refractivity contribution < 1.29 is 27.4 Å². The second kappa shape index (κ2) is 7.94. The van der Waals surface area contributed by atoms with Crippen molar-refractivity contribution in [3.63, 3.8) is 0 Å².